The van der Waals surface area contributed by atoms with E-state index in [1.165, 1.54) is 0 Å². The molecule has 0 radical (unpaired) electrons. The van der Waals surface area contributed by atoms with E-state index in [2.05, 4.69) is 20.3 Å². The summed E-state index contributed by atoms with van der Waals surface area (Å²) in [5, 5.41) is 7.60. The number of ether oxygens (including phenoxy) is 2. The molecule has 1 N–H and O–H groups in total. The van der Waals surface area contributed by atoms with Crippen molar-refractivity contribution in [2.45, 2.75) is 6.04 Å². The Balaban J connectivity index is 1.66. The minimum atomic E-state index is 0.0243. The number of amides is 1. The first kappa shape index (κ1) is 23.4. The molecule has 0 bridgehead atoms. The SMILES string of the molecule is CN=C(NCC(c1ccc(OC)c(OC)c1)N(C)C)N1CCN(c2cnn(C)c2)C(=O)C1. The molecule has 1 amide bonds. The van der Waals surface area contributed by atoms with Crippen LogP contribution in [0.3, 0.4) is 0 Å². The highest BCUT2D eigenvalue weighted by Gasteiger charge is 2.28. The molecule has 1 aliphatic rings. The van der Waals surface area contributed by atoms with Crippen LogP contribution < -0.4 is 19.7 Å². The Kier molecular flexibility index (Phi) is 7.57. The molecule has 1 aromatic carbocycles. The number of carbonyl (C=O) groups excluding carboxylic acids is 1. The van der Waals surface area contributed by atoms with E-state index >= 15 is 0 Å². The maximum absolute atomic E-state index is 12.8. The van der Waals surface area contributed by atoms with E-state index in [4.69, 9.17) is 9.47 Å². The molecule has 1 fully saturated rings. The van der Waals surface area contributed by atoms with Crippen molar-refractivity contribution in [3.05, 3.63) is 36.2 Å². The number of hydrogen-bond donors (Lipinski definition) is 1. The third-order valence-electron chi connectivity index (χ3n) is 5.60. The molecular formula is C22H33N7O3. The summed E-state index contributed by atoms with van der Waals surface area (Å²) in [7, 11) is 10.9. The van der Waals surface area contributed by atoms with Crippen LogP contribution in [0.5, 0.6) is 11.5 Å². The predicted molar refractivity (Wildman–Crippen MR) is 124 cm³/mol. The fourth-order valence-electron chi connectivity index (χ4n) is 3.85. The number of hydrogen-bond acceptors (Lipinski definition) is 6. The second-order valence-electron chi connectivity index (χ2n) is 7.86. The molecule has 10 heteroatoms. The highest BCUT2D eigenvalue weighted by atomic mass is 16.5. The highest BCUT2D eigenvalue weighted by molar-refractivity contribution is 5.98. The van der Waals surface area contributed by atoms with Crippen LogP contribution >= 0.6 is 0 Å². The molecule has 10 nitrogen and oxygen atoms in total. The Hall–Kier alpha value is -3.27. The number of aliphatic imine (C=N–C) groups is 1. The Morgan fingerprint density at radius 2 is 2.00 bits per heavy atom. The first-order chi connectivity index (χ1) is 15.4. The summed E-state index contributed by atoms with van der Waals surface area (Å²) in [6, 6.07) is 6.01. The maximum Gasteiger partial charge on any atom is 0.246 e. The number of aromatic nitrogens is 2. The highest BCUT2D eigenvalue weighted by Crippen LogP contribution is 2.31. The fourth-order valence-corrected chi connectivity index (χ4v) is 3.85. The summed E-state index contributed by atoms with van der Waals surface area (Å²) >= 11 is 0. The van der Waals surface area contributed by atoms with Crippen LogP contribution in [0.1, 0.15) is 11.6 Å². The van der Waals surface area contributed by atoms with Gasteiger partial charge in [0.25, 0.3) is 0 Å². The van der Waals surface area contributed by atoms with Gasteiger partial charge in [-0.3, -0.25) is 14.5 Å². The van der Waals surface area contributed by atoms with Crippen molar-refractivity contribution in [2.75, 3.05) is 66.4 Å². The lowest BCUT2D eigenvalue weighted by Gasteiger charge is -2.36. The summed E-state index contributed by atoms with van der Waals surface area (Å²) in [5.41, 5.74) is 1.91. The minimum Gasteiger partial charge on any atom is -0.493 e. The molecule has 2 heterocycles. The van der Waals surface area contributed by atoms with Crippen LogP contribution in [0.2, 0.25) is 0 Å². The molecule has 0 spiro atoms. The number of piperazine rings is 1. The molecule has 0 aliphatic carbocycles. The number of aryl methyl sites for hydroxylation is 1. The molecule has 1 aromatic heterocycles. The van der Waals surface area contributed by atoms with E-state index in [0.717, 1.165) is 11.3 Å². The summed E-state index contributed by atoms with van der Waals surface area (Å²) in [6.07, 6.45) is 3.57. The monoisotopic (exact) mass is 443 g/mol. The van der Waals surface area contributed by atoms with Crippen molar-refractivity contribution < 1.29 is 14.3 Å². The van der Waals surface area contributed by atoms with E-state index in [9.17, 15) is 4.79 Å². The lowest BCUT2D eigenvalue weighted by Crippen LogP contribution is -2.56. The Morgan fingerprint density at radius 1 is 1.25 bits per heavy atom. The van der Waals surface area contributed by atoms with Gasteiger partial charge in [-0.05, 0) is 31.8 Å². The zero-order valence-corrected chi connectivity index (χ0v) is 19.7. The van der Waals surface area contributed by atoms with Gasteiger partial charge < -0.3 is 29.5 Å². The van der Waals surface area contributed by atoms with Crippen LogP contribution in [0.4, 0.5) is 5.69 Å². The van der Waals surface area contributed by atoms with E-state index < -0.39 is 0 Å². The molecule has 3 rings (SSSR count). The Bertz CT molecular complexity index is 957. The Labute approximate surface area is 189 Å². The second kappa shape index (κ2) is 10.4. The first-order valence-corrected chi connectivity index (χ1v) is 10.5. The van der Waals surface area contributed by atoms with Crippen LogP contribution in [-0.2, 0) is 11.8 Å². The molecule has 0 saturated carbocycles. The standard InChI is InChI=1S/C22H33N7O3/c1-23-22(28-9-10-29(21(30)15-28)17-12-25-27(4)14-17)24-13-18(26(2)3)16-7-8-19(31-5)20(11-16)32-6/h7-8,11-12,14,18H,9-10,13,15H2,1-6H3,(H,23,24). The summed E-state index contributed by atoms with van der Waals surface area (Å²) in [4.78, 5) is 23.1. The average molecular weight is 444 g/mol. The van der Waals surface area contributed by atoms with Crippen molar-refractivity contribution in [1.29, 1.82) is 0 Å². The quantitative estimate of drug-likeness (QED) is 0.504. The number of nitrogens with zero attached hydrogens (tertiary/aromatic N) is 6. The van der Waals surface area contributed by atoms with Crippen LogP contribution in [0, 0.1) is 0 Å². The van der Waals surface area contributed by atoms with Gasteiger partial charge in [-0.15, -0.1) is 0 Å². The predicted octanol–water partition coefficient (Wildman–Crippen LogP) is 0.964. The largest absolute Gasteiger partial charge is 0.493 e. The molecule has 1 atom stereocenters. The number of guanidine groups is 1. The number of nitrogens with one attached hydrogen (secondary N) is 1. The first-order valence-electron chi connectivity index (χ1n) is 10.5. The summed E-state index contributed by atoms with van der Waals surface area (Å²) in [5.74, 6) is 2.12. The molecule has 1 saturated heterocycles. The van der Waals surface area contributed by atoms with Crippen molar-refractivity contribution >= 4 is 17.6 Å². The van der Waals surface area contributed by atoms with Crippen LogP contribution in [0.25, 0.3) is 0 Å². The van der Waals surface area contributed by atoms with Gasteiger partial charge in [0.05, 0.1) is 32.1 Å². The number of likely N-dealkylation sites (N-methyl/N-ethyl adjacent to an activating group) is 1. The minimum absolute atomic E-state index is 0.0243. The van der Waals surface area contributed by atoms with Crippen molar-refractivity contribution in [2.24, 2.45) is 12.0 Å². The number of anilines is 1. The van der Waals surface area contributed by atoms with Gasteiger partial charge >= 0.3 is 0 Å². The fraction of sp³-hybridized carbons (Fsp3) is 0.500. The van der Waals surface area contributed by atoms with Crippen molar-refractivity contribution in [3.63, 3.8) is 0 Å². The van der Waals surface area contributed by atoms with Gasteiger partial charge in [0.2, 0.25) is 5.91 Å². The van der Waals surface area contributed by atoms with E-state index in [1.807, 2.05) is 50.4 Å². The molecule has 1 aliphatic heterocycles. The third-order valence-corrected chi connectivity index (χ3v) is 5.60. The van der Waals surface area contributed by atoms with Crippen molar-refractivity contribution in [3.8, 4) is 11.5 Å². The number of methoxy groups -OCH3 is 2. The second-order valence-corrected chi connectivity index (χ2v) is 7.86. The lowest BCUT2D eigenvalue weighted by atomic mass is 10.1. The summed E-state index contributed by atoms with van der Waals surface area (Å²) < 4.78 is 12.5. The molecule has 32 heavy (non-hydrogen) atoms. The molecule has 174 valence electrons. The van der Waals surface area contributed by atoms with Crippen LogP contribution in [0.15, 0.2) is 35.6 Å². The average Bonchev–Trinajstić information content (AvgIpc) is 3.22. The molecule has 2 aromatic rings. The summed E-state index contributed by atoms with van der Waals surface area (Å²) in [6.45, 7) is 2.14. The zero-order chi connectivity index (χ0) is 23.3. The van der Waals surface area contributed by atoms with Gasteiger partial charge in [0, 0.05) is 39.9 Å². The molecular weight excluding hydrogens is 410 g/mol. The van der Waals surface area contributed by atoms with Gasteiger partial charge in [0.1, 0.15) is 6.54 Å². The van der Waals surface area contributed by atoms with E-state index in [0.29, 0.717) is 37.1 Å². The van der Waals surface area contributed by atoms with Gasteiger partial charge in [-0.1, -0.05) is 6.07 Å². The van der Waals surface area contributed by atoms with Gasteiger partial charge in [0.15, 0.2) is 17.5 Å². The van der Waals surface area contributed by atoms with Crippen LogP contribution in [-0.4, -0.2) is 93.0 Å². The van der Waals surface area contributed by atoms with Gasteiger partial charge in [-0.25, -0.2) is 0 Å². The normalized spacial score (nSPS) is 15.8. The Morgan fingerprint density at radius 3 is 2.56 bits per heavy atom. The van der Waals surface area contributed by atoms with E-state index in [1.54, 1.807) is 37.0 Å². The topological polar surface area (TPSA) is 87.5 Å². The van der Waals surface area contributed by atoms with E-state index in [-0.39, 0.29) is 18.5 Å². The molecule has 1 unspecified atom stereocenters. The number of rotatable bonds is 7. The maximum atomic E-state index is 12.8. The van der Waals surface area contributed by atoms with Gasteiger partial charge in [-0.2, -0.15) is 5.10 Å². The lowest BCUT2D eigenvalue weighted by molar-refractivity contribution is -0.120. The number of benzene rings is 1. The smallest absolute Gasteiger partial charge is 0.246 e. The zero-order valence-electron chi connectivity index (χ0n) is 19.7. The third kappa shape index (κ3) is 5.13. The van der Waals surface area contributed by atoms with Crippen molar-refractivity contribution in [1.82, 2.24) is 24.9 Å². The number of carbonyl (C=O) groups is 1.